The summed E-state index contributed by atoms with van der Waals surface area (Å²) in [5.41, 5.74) is 7.46. The van der Waals surface area contributed by atoms with Crippen molar-refractivity contribution in [1.29, 1.82) is 0 Å². The summed E-state index contributed by atoms with van der Waals surface area (Å²) in [6.07, 6.45) is 1.75. The molecule has 0 bridgehead atoms. The van der Waals surface area contributed by atoms with E-state index in [0.29, 0.717) is 23.6 Å². The Morgan fingerprint density at radius 1 is 1.19 bits per heavy atom. The van der Waals surface area contributed by atoms with Crippen molar-refractivity contribution in [3.63, 3.8) is 0 Å². The van der Waals surface area contributed by atoms with E-state index in [2.05, 4.69) is 0 Å². The molecule has 1 aromatic heterocycles. The van der Waals surface area contributed by atoms with Gasteiger partial charge in [-0.15, -0.1) is 0 Å². The lowest BCUT2D eigenvalue weighted by Gasteiger charge is -2.17. The van der Waals surface area contributed by atoms with E-state index in [-0.39, 0.29) is 5.56 Å². The van der Waals surface area contributed by atoms with Gasteiger partial charge in [0.1, 0.15) is 11.5 Å². The van der Waals surface area contributed by atoms with Gasteiger partial charge in [0.05, 0.1) is 20.3 Å². The molecule has 5 nitrogen and oxygen atoms in total. The molecule has 5 heteroatoms. The lowest BCUT2D eigenvalue weighted by Crippen LogP contribution is -2.28. The highest BCUT2D eigenvalue weighted by atomic mass is 16.5. The van der Waals surface area contributed by atoms with Crippen molar-refractivity contribution in [2.24, 2.45) is 5.73 Å². The van der Waals surface area contributed by atoms with Crippen LogP contribution in [0.3, 0.4) is 0 Å². The van der Waals surface area contributed by atoms with Gasteiger partial charge in [0, 0.05) is 23.9 Å². The van der Waals surface area contributed by atoms with Crippen LogP contribution in [0.5, 0.6) is 11.5 Å². The second kappa shape index (κ2) is 6.45. The first-order valence-electron chi connectivity index (χ1n) is 6.79. The number of hydrogen-bond acceptors (Lipinski definition) is 4. The summed E-state index contributed by atoms with van der Waals surface area (Å²) in [4.78, 5) is 12.4. The van der Waals surface area contributed by atoms with Crippen LogP contribution < -0.4 is 20.8 Å². The molecule has 0 spiro atoms. The molecule has 1 atom stereocenters. The number of nitrogens with zero attached hydrogens (tertiary/aromatic N) is 1. The average molecular weight is 288 g/mol. The highest BCUT2D eigenvalue weighted by Crippen LogP contribution is 2.30. The Labute approximate surface area is 123 Å². The van der Waals surface area contributed by atoms with Gasteiger partial charge in [0.15, 0.2) is 0 Å². The summed E-state index contributed by atoms with van der Waals surface area (Å²) >= 11 is 0. The highest BCUT2D eigenvalue weighted by molar-refractivity contribution is 5.45. The van der Waals surface area contributed by atoms with Crippen molar-refractivity contribution < 1.29 is 9.47 Å². The zero-order chi connectivity index (χ0) is 15.4. The number of benzene rings is 1. The van der Waals surface area contributed by atoms with E-state index < -0.39 is 6.04 Å². The Hall–Kier alpha value is -2.27. The molecule has 0 fully saturated rings. The highest BCUT2D eigenvalue weighted by Gasteiger charge is 2.18. The lowest BCUT2D eigenvalue weighted by atomic mass is 9.99. The molecule has 2 rings (SSSR count). The van der Waals surface area contributed by atoms with E-state index in [1.807, 2.05) is 13.0 Å². The molecule has 2 aromatic rings. The number of nitrogens with two attached hydrogens (primary N) is 1. The van der Waals surface area contributed by atoms with Crippen molar-refractivity contribution >= 4 is 0 Å². The fraction of sp³-hybridized carbons (Fsp3) is 0.312. The fourth-order valence-corrected chi connectivity index (χ4v) is 2.29. The first kappa shape index (κ1) is 15.1. The number of methoxy groups -OCH3 is 2. The molecule has 1 unspecified atom stereocenters. The molecule has 1 aromatic carbocycles. The first-order chi connectivity index (χ1) is 10.1. The number of aromatic nitrogens is 1. The second-order valence-corrected chi connectivity index (χ2v) is 4.64. The maximum Gasteiger partial charge on any atom is 0.255 e. The Morgan fingerprint density at radius 2 is 1.95 bits per heavy atom. The van der Waals surface area contributed by atoms with Crippen molar-refractivity contribution in [2.75, 3.05) is 14.2 Å². The molecule has 2 N–H and O–H groups in total. The largest absolute Gasteiger partial charge is 0.497 e. The molecule has 0 aliphatic heterocycles. The summed E-state index contributed by atoms with van der Waals surface area (Å²) < 4.78 is 12.2. The summed E-state index contributed by atoms with van der Waals surface area (Å²) in [6, 6.07) is 8.39. The van der Waals surface area contributed by atoms with Gasteiger partial charge < -0.3 is 19.8 Å². The second-order valence-electron chi connectivity index (χ2n) is 4.64. The van der Waals surface area contributed by atoms with Gasteiger partial charge in [0.25, 0.3) is 5.56 Å². The van der Waals surface area contributed by atoms with Gasteiger partial charge in [-0.05, 0) is 31.2 Å². The number of aryl methyl sites for hydroxylation is 1. The molecular weight excluding hydrogens is 268 g/mol. The fourth-order valence-electron chi connectivity index (χ4n) is 2.29. The van der Waals surface area contributed by atoms with E-state index in [0.717, 1.165) is 5.56 Å². The standard InChI is InChI=1S/C16H20N2O3/c1-4-18-9-5-6-12(16(18)19)15(17)13-10-11(20-2)7-8-14(13)21-3/h5-10,15H,4,17H2,1-3H3. The molecule has 112 valence electrons. The van der Waals surface area contributed by atoms with Crippen LogP contribution in [0.15, 0.2) is 41.3 Å². The zero-order valence-electron chi connectivity index (χ0n) is 12.5. The molecule has 0 aliphatic carbocycles. The minimum absolute atomic E-state index is 0.0858. The first-order valence-corrected chi connectivity index (χ1v) is 6.79. The molecule has 0 saturated heterocycles. The summed E-state index contributed by atoms with van der Waals surface area (Å²) in [5.74, 6) is 1.31. The van der Waals surface area contributed by atoms with E-state index >= 15 is 0 Å². The predicted molar refractivity (Wildman–Crippen MR) is 82.0 cm³/mol. The number of pyridine rings is 1. The van der Waals surface area contributed by atoms with Crippen LogP contribution in [0.25, 0.3) is 0 Å². The van der Waals surface area contributed by atoms with Crippen LogP contribution in [-0.2, 0) is 6.54 Å². The third-order valence-corrected chi connectivity index (χ3v) is 3.50. The monoisotopic (exact) mass is 288 g/mol. The van der Waals surface area contributed by atoms with Crippen molar-refractivity contribution in [3.8, 4) is 11.5 Å². The minimum Gasteiger partial charge on any atom is -0.497 e. The van der Waals surface area contributed by atoms with Gasteiger partial charge in [-0.25, -0.2) is 0 Å². The predicted octanol–water partition coefficient (Wildman–Crippen LogP) is 1.93. The third kappa shape index (κ3) is 2.92. The molecule has 0 saturated carbocycles. The lowest BCUT2D eigenvalue weighted by molar-refractivity contribution is 0.397. The van der Waals surface area contributed by atoms with Crippen LogP contribution in [0.4, 0.5) is 0 Å². The van der Waals surface area contributed by atoms with Gasteiger partial charge in [-0.1, -0.05) is 6.07 Å². The van der Waals surface area contributed by atoms with E-state index in [9.17, 15) is 4.79 Å². The van der Waals surface area contributed by atoms with Crippen LogP contribution in [0, 0.1) is 0 Å². The normalized spacial score (nSPS) is 12.0. The van der Waals surface area contributed by atoms with Gasteiger partial charge in [-0.3, -0.25) is 4.79 Å². The maximum absolute atomic E-state index is 12.4. The molecule has 21 heavy (non-hydrogen) atoms. The zero-order valence-corrected chi connectivity index (χ0v) is 12.5. The van der Waals surface area contributed by atoms with Crippen LogP contribution in [-0.4, -0.2) is 18.8 Å². The smallest absolute Gasteiger partial charge is 0.255 e. The van der Waals surface area contributed by atoms with Crippen LogP contribution in [0.1, 0.15) is 24.1 Å². The van der Waals surface area contributed by atoms with Crippen molar-refractivity contribution in [3.05, 3.63) is 58.0 Å². The number of hydrogen-bond donors (Lipinski definition) is 1. The quantitative estimate of drug-likeness (QED) is 0.913. The molecule has 0 amide bonds. The Bertz CT molecular complexity index is 679. The van der Waals surface area contributed by atoms with Crippen LogP contribution >= 0.6 is 0 Å². The van der Waals surface area contributed by atoms with E-state index in [4.69, 9.17) is 15.2 Å². The SMILES string of the molecule is CCn1cccc(C(N)c2cc(OC)ccc2OC)c1=O. The molecule has 1 heterocycles. The van der Waals surface area contributed by atoms with E-state index in [1.165, 1.54) is 0 Å². The topological polar surface area (TPSA) is 66.5 Å². The van der Waals surface area contributed by atoms with Crippen molar-refractivity contribution in [2.45, 2.75) is 19.5 Å². The molecular formula is C16H20N2O3. The number of rotatable bonds is 5. The Balaban J connectivity index is 2.54. The maximum atomic E-state index is 12.4. The van der Waals surface area contributed by atoms with Crippen LogP contribution in [0.2, 0.25) is 0 Å². The van der Waals surface area contributed by atoms with Gasteiger partial charge in [0.2, 0.25) is 0 Å². The molecule has 0 radical (unpaired) electrons. The van der Waals surface area contributed by atoms with Gasteiger partial charge in [-0.2, -0.15) is 0 Å². The number of ether oxygens (including phenoxy) is 2. The van der Waals surface area contributed by atoms with E-state index in [1.54, 1.807) is 49.2 Å². The molecule has 0 aliphatic rings. The summed E-state index contributed by atoms with van der Waals surface area (Å²) in [6.45, 7) is 2.53. The Morgan fingerprint density at radius 3 is 2.57 bits per heavy atom. The summed E-state index contributed by atoms with van der Waals surface area (Å²) in [5, 5.41) is 0. The minimum atomic E-state index is -0.568. The summed E-state index contributed by atoms with van der Waals surface area (Å²) in [7, 11) is 3.16. The third-order valence-electron chi connectivity index (χ3n) is 3.50. The van der Waals surface area contributed by atoms with Gasteiger partial charge >= 0.3 is 0 Å². The van der Waals surface area contributed by atoms with Crippen molar-refractivity contribution in [1.82, 2.24) is 4.57 Å². The Kier molecular flexibility index (Phi) is 4.65. The average Bonchev–Trinajstić information content (AvgIpc) is 2.53.